The van der Waals surface area contributed by atoms with E-state index in [9.17, 15) is 0 Å². The first kappa shape index (κ1) is 14.1. The van der Waals surface area contributed by atoms with E-state index < -0.39 is 0 Å². The molecule has 0 radical (unpaired) electrons. The third-order valence-corrected chi connectivity index (χ3v) is 4.54. The lowest BCUT2D eigenvalue weighted by molar-refractivity contribution is -0.654. The molecule has 3 aromatic heterocycles. The van der Waals surface area contributed by atoms with Gasteiger partial charge in [0.15, 0.2) is 17.6 Å². The van der Waals surface area contributed by atoms with Gasteiger partial charge < -0.3 is 9.23 Å². The molecule has 23 heavy (non-hydrogen) atoms. The molecule has 5 heteroatoms. The van der Waals surface area contributed by atoms with E-state index in [4.69, 9.17) is 4.42 Å². The number of aryl methyl sites for hydroxylation is 3. The summed E-state index contributed by atoms with van der Waals surface area (Å²) in [5.41, 5.74) is 5.31. The Balaban J connectivity index is 1.87. The molecule has 0 fully saturated rings. The van der Waals surface area contributed by atoms with Gasteiger partial charge in [-0.1, -0.05) is 5.98 Å². The van der Waals surface area contributed by atoms with E-state index in [0.717, 1.165) is 22.5 Å². The Hall–Kier alpha value is -2.56. The van der Waals surface area contributed by atoms with Crippen LogP contribution in [0.5, 0.6) is 0 Å². The van der Waals surface area contributed by atoms with Crippen LogP contribution in [-0.2, 0) is 7.05 Å². The van der Waals surface area contributed by atoms with Crippen molar-refractivity contribution in [2.24, 2.45) is 7.05 Å². The highest BCUT2D eigenvalue weighted by atomic mass is 16.3. The second kappa shape index (κ2) is 4.98. The molecule has 1 aliphatic rings. The van der Waals surface area contributed by atoms with E-state index in [1.165, 1.54) is 11.2 Å². The van der Waals surface area contributed by atoms with Crippen LogP contribution in [0.15, 0.2) is 40.9 Å². The minimum absolute atomic E-state index is 0.175. The van der Waals surface area contributed by atoms with Crippen LogP contribution in [0, 0.1) is 13.8 Å². The quantitative estimate of drug-likeness (QED) is 0.510. The highest BCUT2D eigenvalue weighted by Crippen LogP contribution is 2.36. The Morgan fingerprint density at radius 3 is 2.87 bits per heavy atom. The van der Waals surface area contributed by atoms with Gasteiger partial charge in [-0.05, 0) is 44.7 Å². The van der Waals surface area contributed by atoms with Crippen molar-refractivity contribution < 1.29 is 8.98 Å². The van der Waals surface area contributed by atoms with Gasteiger partial charge in [-0.2, -0.15) is 0 Å². The standard InChI is InChI=1S/C18H19BN3O/c1-12-8-10-21(3)16(11-12)19-9-7-15-17(22(19)4)14-6-5-13(2)20-18(14)23-15/h5-11H,1-4H3/q+1. The smallest absolute Gasteiger partial charge is 0.396 e. The Bertz CT molecular complexity index is 945. The summed E-state index contributed by atoms with van der Waals surface area (Å²) in [5, 5.41) is 1.07. The van der Waals surface area contributed by atoms with Gasteiger partial charge in [0, 0.05) is 17.8 Å². The number of furan rings is 1. The highest BCUT2D eigenvalue weighted by Gasteiger charge is 2.35. The molecular formula is C18H19BN3O+. The second-order valence-corrected chi connectivity index (χ2v) is 6.27. The first-order valence-electron chi connectivity index (χ1n) is 7.82. The van der Waals surface area contributed by atoms with Crippen molar-refractivity contribution in [3.63, 3.8) is 0 Å². The van der Waals surface area contributed by atoms with Gasteiger partial charge in [0.25, 0.3) is 0 Å². The molecule has 114 valence electrons. The molecule has 0 aromatic carbocycles. The summed E-state index contributed by atoms with van der Waals surface area (Å²) >= 11 is 0. The van der Waals surface area contributed by atoms with Gasteiger partial charge in [-0.3, -0.25) is 0 Å². The summed E-state index contributed by atoms with van der Waals surface area (Å²) in [6.07, 6.45) is 4.18. The molecule has 0 spiro atoms. The summed E-state index contributed by atoms with van der Waals surface area (Å²) in [6, 6.07) is 8.50. The predicted octanol–water partition coefficient (Wildman–Crippen LogP) is 2.17. The normalized spacial score (nSPS) is 13.7. The monoisotopic (exact) mass is 304 g/mol. The number of pyridine rings is 2. The van der Waals surface area contributed by atoms with E-state index in [1.54, 1.807) is 0 Å². The third kappa shape index (κ3) is 2.15. The maximum atomic E-state index is 5.93. The fourth-order valence-electron chi connectivity index (χ4n) is 3.29. The molecule has 0 unspecified atom stereocenters. The van der Waals surface area contributed by atoms with E-state index in [1.807, 2.05) is 13.0 Å². The summed E-state index contributed by atoms with van der Waals surface area (Å²) in [4.78, 5) is 6.78. The van der Waals surface area contributed by atoms with E-state index in [-0.39, 0.29) is 6.85 Å². The lowest BCUT2D eigenvalue weighted by atomic mass is 9.55. The van der Waals surface area contributed by atoms with Crippen LogP contribution in [0.2, 0.25) is 0 Å². The Kier molecular flexibility index (Phi) is 3.05. The van der Waals surface area contributed by atoms with Crippen LogP contribution in [0.4, 0.5) is 5.69 Å². The zero-order chi connectivity index (χ0) is 16.1. The molecule has 0 aliphatic carbocycles. The van der Waals surface area contributed by atoms with Crippen LogP contribution in [-0.4, -0.2) is 18.9 Å². The number of rotatable bonds is 1. The summed E-state index contributed by atoms with van der Waals surface area (Å²) < 4.78 is 8.11. The average Bonchev–Trinajstić information content (AvgIpc) is 2.88. The van der Waals surface area contributed by atoms with E-state index in [0.29, 0.717) is 5.71 Å². The molecule has 1 aliphatic heterocycles. The third-order valence-electron chi connectivity index (χ3n) is 4.54. The summed E-state index contributed by atoms with van der Waals surface area (Å²) in [5.74, 6) is 3.07. The second-order valence-electron chi connectivity index (χ2n) is 6.27. The van der Waals surface area contributed by atoms with Gasteiger partial charge in [-0.15, -0.1) is 0 Å². The molecule has 4 nitrogen and oxygen atoms in total. The minimum Gasteiger partial charge on any atom is -0.436 e. The maximum Gasteiger partial charge on any atom is 0.396 e. The van der Waals surface area contributed by atoms with Crippen molar-refractivity contribution in [1.29, 1.82) is 0 Å². The summed E-state index contributed by atoms with van der Waals surface area (Å²) in [6.45, 7) is 4.28. The molecule has 0 saturated carbocycles. The van der Waals surface area contributed by atoms with Crippen molar-refractivity contribution in [3.05, 3.63) is 53.5 Å². The van der Waals surface area contributed by atoms with Crippen molar-refractivity contribution in [2.75, 3.05) is 11.9 Å². The first-order chi connectivity index (χ1) is 11.0. The maximum absolute atomic E-state index is 5.93. The van der Waals surface area contributed by atoms with Crippen molar-refractivity contribution >= 4 is 35.3 Å². The van der Waals surface area contributed by atoms with Crippen LogP contribution in [0.3, 0.4) is 0 Å². The number of hydrogen-bond donors (Lipinski definition) is 0. The van der Waals surface area contributed by atoms with Gasteiger partial charge in [0.2, 0.25) is 5.71 Å². The van der Waals surface area contributed by atoms with Crippen LogP contribution >= 0.6 is 0 Å². The van der Waals surface area contributed by atoms with E-state index in [2.05, 4.69) is 71.8 Å². The zero-order valence-corrected chi connectivity index (χ0v) is 13.9. The number of nitrogens with zero attached hydrogens (tertiary/aromatic N) is 3. The Morgan fingerprint density at radius 1 is 1.22 bits per heavy atom. The largest absolute Gasteiger partial charge is 0.436 e. The Labute approximate surface area is 136 Å². The number of fused-ring (bicyclic) bond motifs is 3. The molecule has 0 amide bonds. The lowest BCUT2D eigenvalue weighted by Crippen LogP contribution is -2.60. The van der Waals surface area contributed by atoms with Crippen LogP contribution in [0.1, 0.15) is 17.0 Å². The van der Waals surface area contributed by atoms with Crippen molar-refractivity contribution in [3.8, 4) is 0 Å². The van der Waals surface area contributed by atoms with Crippen LogP contribution < -0.4 is 15.0 Å². The highest BCUT2D eigenvalue weighted by molar-refractivity contribution is 6.81. The van der Waals surface area contributed by atoms with Gasteiger partial charge in [0.05, 0.1) is 11.1 Å². The molecular weight excluding hydrogens is 285 g/mol. The molecule has 3 aromatic rings. The number of anilines is 1. The number of aromatic nitrogens is 2. The van der Waals surface area contributed by atoms with Gasteiger partial charge in [-0.25, -0.2) is 9.55 Å². The van der Waals surface area contributed by atoms with Crippen molar-refractivity contribution in [1.82, 2.24) is 4.98 Å². The van der Waals surface area contributed by atoms with Gasteiger partial charge >= 0.3 is 6.85 Å². The SMILES string of the molecule is Cc1cc[n+](C)c(B2C=Cc3oc4nc(C)ccc4c3N2C)c1. The number of hydrogen-bond acceptors (Lipinski definition) is 3. The zero-order valence-electron chi connectivity index (χ0n) is 13.9. The predicted molar refractivity (Wildman–Crippen MR) is 93.9 cm³/mol. The molecule has 0 saturated heterocycles. The molecule has 4 heterocycles. The molecule has 0 atom stereocenters. The van der Waals surface area contributed by atoms with Gasteiger partial charge in [0.1, 0.15) is 7.05 Å². The first-order valence-corrected chi connectivity index (χ1v) is 7.82. The topological polar surface area (TPSA) is 33.1 Å². The molecule has 4 rings (SSSR count). The molecule has 0 N–H and O–H groups in total. The fraction of sp³-hybridized carbons (Fsp3) is 0.222. The average molecular weight is 304 g/mol. The summed E-state index contributed by atoms with van der Waals surface area (Å²) in [7, 11) is 4.20. The van der Waals surface area contributed by atoms with Crippen molar-refractivity contribution in [2.45, 2.75) is 13.8 Å². The van der Waals surface area contributed by atoms with E-state index >= 15 is 0 Å². The lowest BCUT2D eigenvalue weighted by Gasteiger charge is -2.26. The Morgan fingerprint density at radius 2 is 2.04 bits per heavy atom. The fourth-order valence-corrected chi connectivity index (χ4v) is 3.29. The molecule has 0 bridgehead atoms. The minimum atomic E-state index is 0.175. The van der Waals surface area contributed by atoms with Crippen LogP contribution in [0.25, 0.3) is 17.2 Å².